The first-order valence-corrected chi connectivity index (χ1v) is 6.52. The summed E-state index contributed by atoms with van der Waals surface area (Å²) in [6.07, 6.45) is -0.527. The number of nitro benzene ring substituents is 1. The van der Waals surface area contributed by atoms with Crippen LogP contribution in [0.15, 0.2) is 23.1 Å². The number of carbonyl (C=O) groups is 1. The summed E-state index contributed by atoms with van der Waals surface area (Å²) >= 11 is 0. The molecule has 19 heavy (non-hydrogen) atoms. The summed E-state index contributed by atoms with van der Waals surface area (Å²) in [7, 11) is -1.42. The van der Waals surface area contributed by atoms with Gasteiger partial charge in [-0.05, 0) is 5.56 Å². The van der Waals surface area contributed by atoms with Crippen LogP contribution in [0, 0.1) is 10.1 Å². The molecule has 1 aromatic carbocycles. The van der Waals surface area contributed by atoms with Crippen LogP contribution in [-0.4, -0.2) is 42.8 Å². The Hall–Kier alpha value is -2.00. The van der Waals surface area contributed by atoms with Gasteiger partial charge in [-0.15, -0.1) is 0 Å². The summed E-state index contributed by atoms with van der Waals surface area (Å²) in [5.74, 6) is -1.22. The molecule has 0 unspecified atom stereocenters. The van der Waals surface area contributed by atoms with Gasteiger partial charge in [0, 0.05) is 26.2 Å². The van der Waals surface area contributed by atoms with Gasteiger partial charge in [0.1, 0.15) is 0 Å². The van der Waals surface area contributed by atoms with E-state index in [1.54, 1.807) is 0 Å². The Balaban J connectivity index is 3.51. The summed E-state index contributed by atoms with van der Waals surface area (Å²) < 4.78 is 24.9. The van der Waals surface area contributed by atoms with Gasteiger partial charge in [-0.25, -0.2) is 12.7 Å². The van der Waals surface area contributed by atoms with E-state index in [2.05, 4.69) is 0 Å². The normalized spacial score (nSPS) is 11.5. The van der Waals surface area contributed by atoms with Crippen molar-refractivity contribution in [3.8, 4) is 0 Å². The van der Waals surface area contributed by atoms with E-state index < -0.39 is 33.0 Å². The number of hydrogen-bond donors (Lipinski definition) is 1. The van der Waals surface area contributed by atoms with E-state index in [9.17, 15) is 23.3 Å². The number of hydrogen-bond acceptors (Lipinski definition) is 5. The molecule has 1 aromatic rings. The van der Waals surface area contributed by atoms with Crippen molar-refractivity contribution >= 4 is 21.7 Å². The number of carboxylic acids is 1. The second-order valence-electron chi connectivity index (χ2n) is 3.91. The minimum atomic E-state index is -3.94. The van der Waals surface area contributed by atoms with Gasteiger partial charge in [-0.3, -0.25) is 14.9 Å². The highest BCUT2D eigenvalue weighted by molar-refractivity contribution is 7.89. The summed E-state index contributed by atoms with van der Waals surface area (Å²) in [4.78, 5) is 20.3. The molecule has 0 amide bonds. The van der Waals surface area contributed by atoms with Crippen molar-refractivity contribution in [3.05, 3.63) is 33.9 Å². The first kappa shape index (κ1) is 15.1. The Kier molecular flexibility index (Phi) is 4.22. The highest BCUT2D eigenvalue weighted by atomic mass is 32.2. The molecule has 0 aliphatic heterocycles. The van der Waals surface area contributed by atoms with Crippen LogP contribution in [-0.2, 0) is 21.2 Å². The Bertz CT molecular complexity index is 623. The first-order valence-electron chi connectivity index (χ1n) is 5.08. The number of sulfonamides is 1. The number of nitrogens with zero attached hydrogens (tertiary/aromatic N) is 2. The van der Waals surface area contributed by atoms with Gasteiger partial charge in [-0.1, -0.05) is 6.07 Å². The van der Waals surface area contributed by atoms with Gasteiger partial charge >= 0.3 is 5.97 Å². The van der Waals surface area contributed by atoms with Crippen LogP contribution in [0.25, 0.3) is 0 Å². The van der Waals surface area contributed by atoms with Crippen molar-refractivity contribution < 1.29 is 23.2 Å². The number of aliphatic carboxylic acids is 1. The topological polar surface area (TPSA) is 118 Å². The minimum Gasteiger partial charge on any atom is -0.481 e. The van der Waals surface area contributed by atoms with E-state index >= 15 is 0 Å². The van der Waals surface area contributed by atoms with Crippen LogP contribution >= 0.6 is 0 Å². The Morgan fingerprint density at radius 3 is 2.42 bits per heavy atom. The molecule has 9 heteroatoms. The lowest BCUT2D eigenvalue weighted by atomic mass is 10.1. The van der Waals surface area contributed by atoms with Crippen molar-refractivity contribution in [1.82, 2.24) is 4.31 Å². The molecule has 0 radical (unpaired) electrons. The third-order valence-electron chi connectivity index (χ3n) is 2.36. The molecular weight excluding hydrogens is 276 g/mol. The van der Waals surface area contributed by atoms with Crippen LogP contribution < -0.4 is 0 Å². The zero-order valence-corrected chi connectivity index (χ0v) is 11.0. The Morgan fingerprint density at radius 2 is 2.00 bits per heavy atom. The predicted molar refractivity (Wildman–Crippen MR) is 65.3 cm³/mol. The summed E-state index contributed by atoms with van der Waals surface area (Å²) in [6.45, 7) is 0. The highest BCUT2D eigenvalue weighted by Crippen LogP contribution is 2.24. The van der Waals surface area contributed by atoms with E-state index in [0.29, 0.717) is 0 Å². The van der Waals surface area contributed by atoms with E-state index in [1.807, 2.05) is 0 Å². The zero-order chi connectivity index (χ0) is 14.8. The van der Waals surface area contributed by atoms with Crippen LogP contribution in [0.1, 0.15) is 5.56 Å². The standard InChI is InChI=1S/C10H12N2O6S/c1-11(2)19(17,18)9-6-8(12(15)16)4-3-7(9)5-10(13)14/h3-4,6H,5H2,1-2H3,(H,13,14). The lowest BCUT2D eigenvalue weighted by Crippen LogP contribution is -2.24. The molecular formula is C10H12N2O6S. The van der Waals surface area contributed by atoms with Crippen molar-refractivity contribution in [2.45, 2.75) is 11.3 Å². The zero-order valence-electron chi connectivity index (χ0n) is 10.2. The molecule has 1 N–H and O–H groups in total. The summed E-state index contributed by atoms with van der Waals surface area (Å²) in [5, 5.41) is 19.4. The predicted octanol–water partition coefficient (Wildman–Crippen LogP) is 0.472. The molecule has 0 atom stereocenters. The van der Waals surface area contributed by atoms with Gasteiger partial charge < -0.3 is 5.11 Å². The maximum absolute atomic E-state index is 12.0. The fraction of sp³-hybridized carbons (Fsp3) is 0.300. The quantitative estimate of drug-likeness (QED) is 0.621. The second-order valence-corrected chi connectivity index (χ2v) is 6.03. The third kappa shape index (κ3) is 3.26. The molecule has 0 aromatic heterocycles. The van der Waals surface area contributed by atoms with Crippen molar-refractivity contribution in [2.24, 2.45) is 0 Å². The van der Waals surface area contributed by atoms with Gasteiger partial charge in [0.2, 0.25) is 10.0 Å². The van der Waals surface area contributed by atoms with Gasteiger partial charge in [0.05, 0.1) is 16.2 Å². The third-order valence-corrected chi connectivity index (χ3v) is 4.26. The van der Waals surface area contributed by atoms with E-state index in [1.165, 1.54) is 14.1 Å². The molecule has 0 aliphatic rings. The average molecular weight is 288 g/mol. The van der Waals surface area contributed by atoms with Gasteiger partial charge in [-0.2, -0.15) is 0 Å². The molecule has 104 valence electrons. The second kappa shape index (κ2) is 5.33. The van der Waals surface area contributed by atoms with Crippen LogP contribution in [0.3, 0.4) is 0 Å². The fourth-order valence-electron chi connectivity index (χ4n) is 1.40. The molecule has 0 spiro atoms. The molecule has 8 nitrogen and oxygen atoms in total. The summed E-state index contributed by atoms with van der Waals surface area (Å²) in [6, 6.07) is 3.09. The smallest absolute Gasteiger partial charge is 0.307 e. The molecule has 0 aliphatic carbocycles. The van der Waals surface area contributed by atoms with Crippen LogP contribution in [0.2, 0.25) is 0 Å². The van der Waals surface area contributed by atoms with E-state index in [-0.39, 0.29) is 10.5 Å². The number of benzene rings is 1. The molecule has 0 saturated carbocycles. The Labute approximate surface area is 109 Å². The SMILES string of the molecule is CN(C)S(=O)(=O)c1cc([N+](=O)[O-])ccc1CC(=O)O. The summed E-state index contributed by atoms with van der Waals surface area (Å²) in [5.41, 5.74) is -0.402. The van der Waals surface area contributed by atoms with Crippen LogP contribution in [0.5, 0.6) is 0 Å². The maximum Gasteiger partial charge on any atom is 0.307 e. The highest BCUT2D eigenvalue weighted by Gasteiger charge is 2.25. The van der Waals surface area contributed by atoms with Gasteiger partial charge in [0.15, 0.2) is 0 Å². The average Bonchev–Trinajstić information content (AvgIpc) is 2.27. The van der Waals surface area contributed by atoms with E-state index in [0.717, 1.165) is 22.5 Å². The van der Waals surface area contributed by atoms with E-state index in [4.69, 9.17) is 5.11 Å². The minimum absolute atomic E-state index is 0.00630. The lowest BCUT2D eigenvalue weighted by Gasteiger charge is -2.14. The number of nitro groups is 1. The van der Waals surface area contributed by atoms with Crippen molar-refractivity contribution in [3.63, 3.8) is 0 Å². The monoisotopic (exact) mass is 288 g/mol. The largest absolute Gasteiger partial charge is 0.481 e. The molecule has 1 rings (SSSR count). The molecule has 0 fully saturated rings. The number of rotatable bonds is 5. The first-order chi connectivity index (χ1) is 8.66. The maximum atomic E-state index is 12.0. The van der Waals surface area contributed by atoms with Crippen LogP contribution in [0.4, 0.5) is 5.69 Å². The Morgan fingerprint density at radius 1 is 1.42 bits per heavy atom. The number of non-ortho nitro benzene ring substituents is 1. The number of carboxylic acid groups (broad SMARTS) is 1. The molecule has 0 saturated heterocycles. The lowest BCUT2D eigenvalue weighted by molar-refractivity contribution is -0.385. The van der Waals surface area contributed by atoms with Crippen molar-refractivity contribution in [2.75, 3.05) is 14.1 Å². The molecule has 0 bridgehead atoms. The fourth-order valence-corrected chi connectivity index (χ4v) is 2.54. The van der Waals surface area contributed by atoms with Crippen molar-refractivity contribution in [1.29, 1.82) is 0 Å². The molecule has 0 heterocycles. The van der Waals surface area contributed by atoms with Gasteiger partial charge in [0.25, 0.3) is 5.69 Å².